The van der Waals surface area contributed by atoms with Gasteiger partial charge in [0, 0.05) is 25.0 Å². The highest BCUT2D eigenvalue weighted by molar-refractivity contribution is 6.06. The first-order valence-corrected chi connectivity index (χ1v) is 8.61. The van der Waals surface area contributed by atoms with E-state index in [2.05, 4.69) is 22.4 Å². The van der Waals surface area contributed by atoms with Gasteiger partial charge in [0.1, 0.15) is 5.69 Å². The Morgan fingerprint density at radius 1 is 1.00 bits per heavy atom. The van der Waals surface area contributed by atoms with Crippen LogP contribution in [0.3, 0.4) is 0 Å². The van der Waals surface area contributed by atoms with Gasteiger partial charge in [-0.3, -0.25) is 9.59 Å². The molecule has 5 nitrogen and oxygen atoms in total. The van der Waals surface area contributed by atoms with Crippen LogP contribution in [-0.2, 0) is 12.8 Å². The van der Waals surface area contributed by atoms with E-state index in [0.29, 0.717) is 11.3 Å². The minimum absolute atomic E-state index is 0.0240. The zero-order chi connectivity index (χ0) is 16.5. The molecule has 1 aromatic carbocycles. The summed E-state index contributed by atoms with van der Waals surface area (Å²) in [5, 5.41) is 2.93. The molecule has 2 amide bonds. The molecule has 0 atom stereocenters. The first-order chi connectivity index (χ1) is 11.7. The number of rotatable bonds is 3. The van der Waals surface area contributed by atoms with Crippen molar-refractivity contribution in [3.05, 3.63) is 52.8 Å². The molecule has 124 valence electrons. The normalized spacial score (nSPS) is 16.2. The number of carbonyl (C=O) groups excluding carboxylic acids is 2. The standard InChI is InChI=1S/C19H21N3O2/c23-18(21-16-7-6-13-4-3-5-14(13)10-16)15-11-17(20-12-15)19(24)22-8-1-2-9-22/h6-7,10-12,20H,1-5,8-9H2,(H,21,23). The van der Waals surface area contributed by atoms with E-state index in [0.717, 1.165) is 44.5 Å². The van der Waals surface area contributed by atoms with Gasteiger partial charge in [-0.05, 0) is 61.4 Å². The number of H-pyrrole nitrogens is 1. The number of nitrogens with zero attached hydrogens (tertiary/aromatic N) is 1. The highest BCUT2D eigenvalue weighted by Gasteiger charge is 2.22. The third-order valence-corrected chi connectivity index (χ3v) is 4.93. The van der Waals surface area contributed by atoms with Gasteiger partial charge in [0.15, 0.2) is 0 Å². The maximum Gasteiger partial charge on any atom is 0.270 e. The Bertz CT molecular complexity index is 788. The van der Waals surface area contributed by atoms with Gasteiger partial charge < -0.3 is 15.2 Å². The zero-order valence-electron chi connectivity index (χ0n) is 13.6. The largest absolute Gasteiger partial charge is 0.356 e. The number of hydrogen-bond donors (Lipinski definition) is 2. The third-order valence-electron chi connectivity index (χ3n) is 4.93. The smallest absolute Gasteiger partial charge is 0.270 e. The minimum atomic E-state index is -0.190. The van der Waals surface area contributed by atoms with E-state index in [4.69, 9.17) is 0 Å². The van der Waals surface area contributed by atoms with E-state index in [-0.39, 0.29) is 11.8 Å². The predicted molar refractivity (Wildman–Crippen MR) is 92.4 cm³/mol. The third kappa shape index (κ3) is 2.82. The molecule has 4 rings (SSSR count). The molecular formula is C19H21N3O2. The van der Waals surface area contributed by atoms with Crippen LogP contribution >= 0.6 is 0 Å². The second-order valence-corrected chi connectivity index (χ2v) is 6.59. The number of anilines is 1. The molecule has 0 radical (unpaired) electrons. The minimum Gasteiger partial charge on any atom is -0.356 e. The number of likely N-dealkylation sites (tertiary alicyclic amines) is 1. The first-order valence-electron chi connectivity index (χ1n) is 8.61. The van der Waals surface area contributed by atoms with Crippen LogP contribution < -0.4 is 5.32 Å². The molecule has 0 unspecified atom stereocenters. The molecule has 2 aliphatic rings. The van der Waals surface area contributed by atoms with Crippen LogP contribution in [0.1, 0.15) is 51.2 Å². The van der Waals surface area contributed by atoms with Crippen molar-refractivity contribution < 1.29 is 9.59 Å². The molecule has 0 saturated carbocycles. The monoisotopic (exact) mass is 323 g/mol. The van der Waals surface area contributed by atoms with E-state index >= 15 is 0 Å². The Kier molecular flexibility index (Phi) is 3.84. The van der Waals surface area contributed by atoms with Crippen molar-refractivity contribution in [1.82, 2.24) is 9.88 Å². The van der Waals surface area contributed by atoms with Gasteiger partial charge in [-0.25, -0.2) is 0 Å². The number of benzene rings is 1. The average Bonchev–Trinajstić information content (AvgIpc) is 3.33. The first kappa shape index (κ1) is 15.0. The van der Waals surface area contributed by atoms with Gasteiger partial charge in [-0.1, -0.05) is 6.07 Å². The van der Waals surface area contributed by atoms with Crippen molar-refractivity contribution in [3.63, 3.8) is 0 Å². The highest BCUT2D eigenvalue weighted by atomic mass is 16.2. The number of hydrogen-bond acceptors (Lipinski definition) is 2. The Morgan fingerprint density at radius 3 is 2.62 bits per heavy atom. The lowest BCUT2D eigenvalue weighted by Gasteiger charge is -2.13. The lowest BCUT2D eigenvalue weighted by molar-refractivity contribution is 0.0787. The van der Waals surface area contributed by atoms with Crippen molar-refractivity contribution in [3.8, 4) is 0 Å². The molecule has 2 N–H and O–H groups in total. The molecule has 1 aliphatic carbocycles. The lowest BCUT2D eigenvalue weighted by atomic mass is 10.1. The predicted octanol–water partition coefficient (Wildman–Crippen LogP) is 2.99. The number of fused-ring (bicyclic) bond motifs is 1. The molecule has 5 heteroatoms. The van der Waals surface area contributed by atoms with Gasteiger partial charge in [0.25, 0.3) is 11.8 Å². The van der Waals surface area contributed by atoms with Crippen LogP contribution in [0.2, 0.25) is 0 Å². The summed E-state index contributed by atoms with van der Waals surface area (Å²) in [6.45, 7) is 1.60. The molecule has 0 spiro atoms. The fraction of sp³-hybridized carbons (Fsp3) is 0.368. The summed E-state index contributed by atoms with van der Waals surface area (Å²) >= 11 is 0. The van der Waals surface area contributed by atoms with E-state index in [1.54, 1.807) is 12.3 Å². The Balaban J connectivity index is 1.46. The van der Waals surface area contributed by atoms with Crippen LogP contribution in [0.4, 0.5) is 5.69 Å². The molecule has 1 aliphatic heterocycles. The topological polar surface area (TPSA) is 65.2 Å². The molecular weight excluding hydrogens is 302 g/mol. The molecule has 2 heterocycles. The molecule has 24 heavy (non-hydrogen) atoms. The number of amides is 2. The second kappa shape index (κ2) is 6.15. The second-order valence-electron chi connectivity index (χ2n) is 6.59. The average molecular weight is 323 g/mol. The van der Waals surface area contributed by atoms with Crippen molar-refractivity contribution in [1.29, 1.82) is 0 Å². The molecule has 1 saturated heterocycles. The van der Waals surface area contributed by atoms with E-state index in [1.807, 2.05) is 11.0 Å². The van der Waals surface area contributed by atoms with E-state index < -0.39 is 0 Å². The SMILES string of the molecule is O=C(Nc1ccc2c(c1)CCC2)c1c[nH]c(C(=O)N2CCCC2)c1. The van der Waals surface area contributed by atoms with Crippen LogP contribution in [0.15, 0.2) is 30.5 Å². The summed E-state index contributed by atoms with van der Waals surface area (Å²) < 4.78 is 0. The summed E-state index contributed by atoms with van der Waals surface area (Å²) in [5.74, 6) is -0.214. The number of nitrogens with one attached hydrogen (secondary N) is 2. The van der Waals surface area contributed by atoms with Crippen molar-refractivity contribution in [2.75, 3.05) is 18.4 Å². The van der Waals surface area contributed by atoms with Crippen molar-refractivity contribution in [2.24, 2.45) is 0 Å². The zero-order valence-corrected chi connectivity index (χ0v) is 13.6. The highest BCUT2D eigenvalue weighted by Crippen LogP contribution is 2.25. The van der Waals surface area contributed by atoms with Crippen molar-refractivity contribution in [2.45, 2.75) is 32.1 Å². The molecule has 1 fully saturated rings. The van der Waals surface area contributed by atoms with Crippen molar-refractivity contribution >= 4 is 17.5 Å². The van der Waals surface area contributed by atoms with E-state index in [1.165, 1.54) is 17.5 Å². The van der Waals surface area contributed by atoms with Gasteiger partial charge in [-0.2, -0.15) is 0 Å². The summed E-state index contributed by atoms with van der Waals surface area (Å²) in [6.07, 6.45) is 7.11. The number of aromatic nitrogens is 1. The summed E-state index contributed by atoms with van der Waals surface area (Å²) in [6, 6.07) is 7.74. The molecule has 1 aromatic heterocycles. The lowest BCUT2D eigenvalue weighted by Crippen LogP contribution is -2.27. The quantitative estimate of drug-likeness (QED) is 0.912. The van der Waals surface area contributed by atoms with Crippen LogP contribution in [0, 0.1) is 0 Å². The maximum atomic E-state index is 12.4. The summed E-state index contributed by atoms with van der Waals surface area (Å²) in [4.78, 5) is 29.5. The fourth-order valence-corrected chi connectivity index (χ4v) is 3.59. The number of aryl methyl sites for hydroxylation is 2. The molecule has 0 bridgehead atoms. The summed E-state index contributed by atoms with van der Waals surface area (Å²) in [5.41, 5.74) is 4.49. The van der Waals surface area contributed by atoms with Crippen LogP contribution in [-0.4, -0.2) is 34.8 Å². The number of carbonyl (C=O) groups is 2. The van der Waals surface area contributed by atoms with Crippen LogP contribution in [0.5, 0.6) is 0 Å². The Hall–Kier alpha value is -2.56. The van der Waals surface area contributed by atoms with Crippen LogP contribution in [0.25, 0.3) is 0 Å². The van der Waals surface area contributed by atoms with E-state index in [9.17, 15) is 9.59 Å². The number of aromatic amines is 1. The van der Waals surface area contributed by atoms with Gasteiger partial charge in [0.2, 0.25) is 0 Å². The fourth-order valence-electron chi connectivity index (χ4n) is 3.59. The molecule has 2 aromatic rings. The van der Waals surface area contributed by atoms with Gasteiger partial charge >= 0.3 is 0 Å². The maximum absolute atomic E-state index is 12.4. The van der Waals surface area contributed by atoms with Gasteiger partial charge in [-0.15, -0.1) is 0 Å². The Morgan fingerprint density at radius 2 is 1.79 bits per heavy atom. The van der Waals surface area contributed by atoms with Gasteiger partial charge in [0.05, 0.1) is 5.56 Å². The summed E-state index contributed by atoms with van der Waals surface area (Å²) in [7, 11) is 0. The Labute approximate surface area is 141 Å².